The van der Waals surface area contributed by atoms with E-state index in [0.717, 1.165) is 37.7 Å². The lowest BCUT2D eigenvalue weighted by Gasteiger charge is -2.24. The molecule has 1 aliphatic heterocycles. The van der Waals surface area contributed by atoms with Crippen molar-refractivity contribution in [3.8, 4) is 5.75 Å². The second kappa shape index (κ2) is 9.42. The predicted molar refractivity (Wildman–Crippen MR) is 89.7 cm³/mol. The number of halogens is 2. The van der Waals surface area contributed by atoms with E-state index in [4.69, 9.17) is 9.47 Å². The van der Waals surface area contributed by atoms with Crippen molar-refractivity contribution in [2.24, 2.45) is 10.9 Å². The molecule has 134 valence electrons. The van der Waals surface area contributed by atoms with E-state index in [2.05, 4.69) is 15.2 Å². The summed E-state index contributed by atoms with van der Waals surface area (Å²) >= 11 is 0. The third-order valence-electron chi connectivity index (χ3n) is 3.85. The fraction of sp³-hybridized carbons (Fsp3) is 0.588. The van der Waals surface area contributed by atoms with Crippen LogP contribution in [0.15, 0.2) is 29.3 Å². The number of rotatable bonds is 7. The first-order chi connectivity index (χ1) is 11.6. The first kappa shape index (κ1) is 18.4. The van der Waals surface area contributed by atoms with E-state index in [9.17, 15) is 8.78 Å². The third-order valence-corrected chi connectivity index (χ3v) is 3.85. The van der Waals surface area contributed by atoms with Crippen LogP contribution >= 0.6 is 0 Å². The Kier molecular flexibility index (Phi) is 7.24. The van der Waals surface area contributed by atoms with Gasteiger partial charge in [-0.2, -0.15) is 0 Å². The first-order valence-electron chi connectivity index (χ1n) is 8.08. The van der Waals surface area contributed by atoms with E-state index < -0.39 is 13.0 Å². The zero-order valence-corrected chi connectivity index (χ0v) is 14.2. The molecule has 0 aliphatic carbocycles. The summed E-state index contributed by atoms with van der Waals surface area (Å²) in [4.78, 5) is 6.37. The number of alkyl halides is 2. The summed E-state index contributed by atoms with van der Waals surface area (Å²) in [5, 5.41) is 3.28. The Bertz CT molecular complexity index is 534. The van der Waals surface area contributed by atoms with Gasteiger partial charge in [0.2, 0.25) is 0 Å². The second-order valence-corrected chi connectivity index (χ2v) is 5.86. The molecule has 1 heterocycles. The Morgan fingerprint density at radius 2 is 2.33 bits per heavy atom. The minimum atomic E-state index is -2.47. The SMILES string of the molecule is CN=C(NCc1cccc(OCC(F)F)c1)N(C)CC1CCOC1. The second-order valence-electron chi connectivity index (χ2n) is 5.86. The fourth-order valence-corrected chi connectivity index (χ4v) is 2.67. The van der Waals surface area contributed by atoms with E-state index in [-0.39, 0.29) is 0 Å². The van der Waals surface area contributed by atoms with Crippen molar-refractivity contribution in [1.82, 2.24) is 10.2 Å². The molecule has 1 N–H and O–H groups in total. The number of ether oxygens (including phenoxy) is 2. The predicted octanol–water partition coefficient (Wildman–Crippen LogP) is 2.37. The van der Waals surface area contributed by atoms with Gasteiger partial charge in [-0.15, -0.1) is 0 Å². The van der Waals surface area contributed by atoms with Gasteiger partial charge in [-0.1, -0.05) is 12.1 Å². The van der Waals surface area contributed by atoms with Crippen molar-refractivity contribution >= 4 is 5.96 Å². The molecule has 5 nitrogen and oxygen atoms in total. The highest BCUT2D eigenvalue weighted by molar-refractivity contribution is 5.79. The van der Waals surface area contributed by atoms with Crippen LogP contribution < -0.4 is 10.1 Å². The summed E-state index contributed by atoms with van der Waals surface area (Å²) in [6.07, 6.45) is -1.40. The van der Waals surface area contributed by atoms with Gasteiger partial charge in [0.25, 0.3) is 6.43 Å². The molecule has 0 spiro atoms. The highest BCUT2D eigenvalue weighted by Gasteiger charge is 2.19. The summed E-state index contributed by atoms with van der Waals surface area (Å²) in [7, 11) is 3.74. The molecule has 1 aromatic rings. The average molecular weight is 341 g/mol. The number of nitrogens with one attached hydrogen (secondary N) is 1. The van der Waals surface area contributed by atoms with E-state index in [0.29, 0.717) is 18.2 Å². The van der Waals surface area contributed by atoms with Crippen molar-refractivity contribution in [3.05, 3.63) is 29.8 Å². The topological polar surface area (TPSA) is 46.1 Å². The largest absolute Gasteiger partial charge is 0.488 e. The quantitative estimate of drug-likeness (QED) is 0.611. The number of nitrogens with zero attached hydrogens (tertiary/aromatic N) is 2. The minimum Gasteiger partial charge on any atom is -0.488 e. The fourth-order valence-electron chi connectivity index (χ4n) is 2.67. The van der Waals surface area contributed by atoms with Crippen LogP contribution in [0.3, 0.4) is 0 Å². The van der Waals surface area contributed by atoms with Crippen LogP contribution in [0.1, 0.15) is 12.0 Å². The van der Waals surface area contributed by atoms with Gasteiger partial charge in [0, 0.05) is 39.7 Å². The molecule has 1 aliphatic rings. The molecule has 1 unspecified atom stereocenters. The van der Waals surface area contributed by atoms with Gasteiger partial charge in [0.05, 0.1) is 6.61 Å². The molecule has 1 aromatic carbocycles. The highest BCUT2D eigenvalue weighted by atomic mass is 19.3. The van der Waals surface area contributed by atoms with Crippen molar-refractivity contribution < 1.29 is 18.3 Å². The Labute approximate surface area is 141 Å². The molecule has 2 rings (SSSR count). The van der Waals surface area contributed by atoms with Crippen LogP contribution in [0, 0.1) is 5.92 Å². The maximum absolute atomic E-state index is 12.2. The zero-order valence-electron chi connectivity index (χ0n) is 14.2. The molecule has 0 aromatic heterocycles. The van der Waals surface area contributed by atoms with Crippen molar-refractivity contribution in [2.45, 2.75) is 19.4 Å². The zero-order chi connectivity index (χ0) is 17.4. The lowest BCUT2D eigenvalue weighted by atomic mass is 10.1. The summed E-state index contributed by atoms with van der Waals surface area (Å²) < 4.78 is 34.9. The third kappa shape index (κ3) is 5.96. The number of benzene rings is 1. The molecular formula is C17H25F2N3O2. The van der Waals surface area contributed by atoms with Crippen LogP contribution in [0.5, 0.6) is 5.75 Å². The molecule has 1 atom stereocenters. The number of aliphatic imine (C=N–C) groups is 1. The van der Waals surface area contributed by atoms with Gasteiger partial charge >= 0.3 is 0 Å². The van der Waals surface area contributed by atoms with Crippen LogP contribution in [0.25, 0.3) is 0 Å². The smallest absolute Gasteiger partial charge is 0.272 e. The molecule has 0 bridgehead atoms. The van der Waals surface area contributed by atoms with Gasteiger partial charge in [-0.05, 0) is 24.1 Å². The summed E-state index contributed by atoms with van der Waals surface area (Å²) in [6.45, 7) is 2.47. The summed E-state index contributed by atoms with van der Waals surface area (Å²) in [6, 6.07) is 7.14. The van der Waals surface area contributed by atoms with E-state index in [1.54, 1.807) is 25.2 Å². The Hall–Kier alpha value is -1.89. The van der Waals surface area contributed by atoms with Crippen molar-refractivity contribution in [1.29, 1.82) is 0 Å². The molecular weight excluding hydrogens is 316 g/mol. The summed E-state index contributed by atoms with van der Waals surface area (Å²) in [5.41, 5.74) is 0.945. The molecule has 0 radical (unpaired) electrons. The maximum Gasteiger partial charge on any atom is 0.272 e. The van der Waals surface area contributed by atoms with Crippen LogP contribution in [0.4, 0.5) is 8.78 Å². The lowest BCUT2D eigenvalue weighted by Crippen LogP contribution is -2.41. The lowest BCUT2D eigenvalue weighted by molar-refractivity contribution is 0.0818. The van der Waals surface area contributed by atoms with Gasteiger partial charge < -0.3 is 19.7 Å². The first-order valence-corrected chi connectivity index (χ1v) is 8.08. The van der Waals surface area contributed by atoms with Gasteiger partial charge in [-0.25, -0.2) is 8.78 Å². The molecule has 1 fully saturated rings. The Morgan fingerprint density at radius 3 is 3.00 bits per heavy atom. The number of guanidine groups is 1. The molecule has 7 heteroatoms. The van der Waals surface area contributed by atoms with Crippen molar-refractivity contribution in [2.75, 3.05) is 40.5 Å². The Balaban J connectivity index is 1.84. The monoisotopic (exact) mass is 341 g/mol. The molecule has 1 saturated heterocycles. The van der Waals surface area contributed by atoms with Gasteiger partial charge in [0.15, 0.2) is 5.96 Å². The number of hydrogen-bond donors (Lipinski definition) is 1. The summed E-state index contributed by atoms with van der Waals surface area (Å²) in [5.74, 6) is 1.77. The van der Waals surface area contributed by atoms with Crippen LogP contribution in [-0.2, 0) is 11.3 Å². The van der Waals surface area contributed by atoms with E-state index in [1.807, 2.05) is 13.1 Å². The van der Waals surface area contributed by atoms with Crippen LogP contribution in [0.2, 0.25) is 0 Å². The van der Waals surface area contributed by atoms with E-state index in [1.165, 1.54) is 0 Å². The standard InChI is InChI=1S/C17H25F2N3O2/c1-20-17(22(2)10-14-6-7-23-11-14)21-9-13-4-3-5-15(8-13)24-12-16(18)19/h3-5,8,14,16H,6-7,9-12H2,1-2H3,(H,20,21). The van der Waals surface area contributed by atoms with Gasteiger partial charge in [-0.3, -0.25) is 4.99 Å². The number of hydrogen-bond acceptors (Lipinski definition) is 3. The molecule has 0 saturated carbocycles. The Morgan fingerprint density at radius 1 is 1.50 bits per heavy atom. The average Bonchev–Trinajstić information content (AvgIpc) is 3.07. The van der Waals surface area contributed by atoms with Crippen LogP contribution in [-0.4, -0.2) is 57.7 Å². The maximum atomic E-state index is 12.2. The van der Waals surface area contributed by atoms with E-state index >= 15 is 0 Å². The molecule has 24 heavy (non-hydrogen) atoms. The van der Waals surface area contributed by atoms with Crippen molar-refractivity contribution in [3.63, 3.8) is 0 Å². The highest BCUT2D eigenvalue weighted by Crippen LogP contribution is 2.15. The minimum absolute atomic E-state index is 0.445. The molecule has 0 amide bonds. The van der Waals surface area contributed by atoms with Gasteiger partial charge in [0.1, 0.15) is 12.4 Å². The normalized spacial score (nSPS) is 18.0.